The average Bonchev–Trinajstić information content (AvgIpc) is 2.55. The summed E-state index contributed by atoms with van der Waals surface area (Å²) in [5, 5.41) is 6.30. The lowest BCUT2D eigenvalue weighted by Gasteiger charge is -2.36. The zero-order chi connectivity index (χ0) is 18.7. The van der Waals surface area contributed by atoms with E-state index >= 15 is 0 Å². The van der Waals surface area contributed by atoms with Crippen LogP contribution in [0.1, 0.15) is 40.8 Å². The highest BCUT2D eigenvalue weighted by molar-refractivity contribution is 6.31. The van der Waals surface area contributed by atoms with E-state index in [1.165, 1.54) is 18.2 Å². The lowest BCUT2D eigenvalue weighted by molar-refractivity contribution is 0.0901. The maximum atomic E-state index is 13.3. The fourth-order valence-electron chi connectivity index (χ4n) is 2.96. The minimum atomic E-state index is -2.48. The third kappa shape index (κ3) is 4.77. The second-order valence-electron chi connectivity index (χ2n) is 6.42. The van der Waals surface area contributed by atoms with E-state index in [4.69, 9.17) is 11.6 Å². The lowest BCUT2D eigenvalue weighted by atomic mass is 9.86. The van der Waals surface area contributed by atoms with E-state index in [0.717, 1.165) is 30.5 Å². The highest BCUT2D eigenvalue weighted by Crippen LogP contribution is 2.23. The average molecular weight is 383 g/mol. The Morgan fingerprint density at radius 3 is 2.62 bits per heavy atom. The van der Waals surface area contributed by atoms with E-state index in [0.29, 0.717) is 6.54 Å². The summed E-state index contributed by atoms with van der Waals surface area (Å²) in [4.78, 5) is 12.1. The number of nitrogens with one attached hydrogen (secondary N) is 2. The molecular formula is C19H18ClF3N2O. The molecule has 2 aromatic carbocycles. The number of halogens is 4. The van der Waals surface area contributed by atoms with Gasteiger partial charge < -0.3 is 10.6 Å². The Hall–Kier alpha value is -2.05. The van der Waals surface area contributed by atoms with Crippen molar-refractivity contribution in [1.82, 2.24) is 10.6 Å². The predicted molar refractivity (Wildman–Crippen MR) is 93.9 cm³/mol. The standard InChI is InChI=1S/C19H18ClF3N2O/c20-14-5-13(6-15(21)7-14)19(26)25-17-8-16(9-17)24-10-11-2-1-3-12(4-11)18(22)23/h1-7,16-18,24H,8-10H2,(H,25,26)/t16-,17-. The largest absolute Gasteiger partial charge is 0.349 e. The summed E-state index contributed by atoms with van der Waals surface area (Å²) >= 11 is 5.75. The molecule has 0 spiro atoms. The minimum Gasteiger partial charge on any atom is -0.349 e. The Kier molecular flexibility index (Phi) is 5.84. The van der Waals surface area contributed by atoms with Crippen LogP contribution in [-0.2, 0) is 6.54 Å². The summed E-state index contributed by atoms with van der Waals surface area (Å²) in [6, 6.07) is 10.2. The number of carbonyl (C=O) groups excluding carboxylic acids is 1. The molecule has 138 valence electrons. The first-order valence-corrected chi connectivity index (χ1v) is 8.66. The molecule has 0 bridgehead atoms. The van der Waals surface area contributed by atoms with Crippen LogP contribution >= 0.6 is 11.6 Å². The van der Waals surface area contributed by atoms with E-state index in [1.807, 2.05) is 0 Å². The van der Waals surface area contributed by atoms with Gasteiger partial charge in [-0.3, -0.25) is 4.79 Å². The first kappa shape index (κ1) is 18.7. The molecule has 0 atom stereocenters. The summed E-state index contributed by atoms with van der Waals surface area (Å²) < 4.78 is 38.7. The zero-order valence-electron chi connectivity index (χ0n) is 13.8. The molecule has 0 unspecified atom stereocenters. The molecule has 1 aliphatic rings. The molecule has 1 saturated carbocycles. The van der Waals surface area contributed by atoms with Crippen molar-refractivity contribution in [1.29, 1.82) is 0 Å². The maximum Gasteiger partial charge on any atom is 0.263 e. The molecule has 0 aliphatic heterocycles. The van der Waals surface area contributed by atoms with Gasteiger partial charge in [0.25, 0.3) is 12.3 Å². The van der Waals surface area contributed by atoms with Crippen molar-refractivity contribution in [2.24, 2.45) is 0 Å². The van der Waals surface area contributed by atoms with Crippen LogP contribution < -0.4 is 10.6 Å². The number of hydrogen-bond donors (Lipinski definition) is 2. The number of carbonyl (C=O) groups is 1. The second kappa shape index (κ2) is 8.10. The predicted octanol–water partition coefficient (Wildman–Crippen LogP) is 4.47. The molecule has 3 rings (SSSR count). The van der Waals surface area contributed by atoms with Gasteiger partial charge >= 0.3 is 0 Å². The van der Waals surface area contributed by atoms with Crippen LogP contribution in [0.15, 0.2) is 42.5 Å². The van der Waals surface area contributed by atoms with Gasteiger partial charge in [-0.15, -0.1) is 0 Å². The van der Waals surface area contributed by atoms with Crippen LogP contribution in [0.5, 0.6) is 0 Å². The molecule has 2 aromatic rings. The van der Waals surface area contributed by atoms with Gasteiger partial charge in [-0.05, 0) is 42.7 Å². The van der Waals surface area contributed by atoms with Crippen molar-refractivity contribution in [3.8, 4) is 0 Å². The molecule has 0 aromatic heterocycles. The van der Waals surface area contributed by atoms with Gasteiger partial charge in [0.15, 0.2) is 0 Å². The quantitative estimate of drug-likeness (QED) is 0.774. The molecule has 2 N–H and O–H groups in total. The number of amides is 1. The monoisotopic (exact) mass is 382 g/mol. The molecule has 1 aliphatic carbocycles. The number of benzene rings is 2. The SMILES string of the molecule is O=C(N[C@H]1C[C@H](NCc2cccc(C(F)F)c2)C1)c1cc(F)cc(Cl)c1. The summed E-state index contributed by atoms with van der Waals surface area (Å²) in [5.41, 5.74) is 0.997. The fraction of sp³-hybridized carbons (Fsp3) is 0.316. The van der Waals surface area contributed by atoms with Crippen molar-refractivity contribution in [2.45, 2.75) is 37.9 Å². The van der Waals surface area contributed by atoms with E-state index in [-0.39, 0.29) is 34.1 Å². The maximum absolute atomic E-state index is 13.3. The van der Waals surface area contributed by atoms with Gasteiger partial charge in [-0.1, -0.05) is 29.8 Å². The van der Waals surface area contributed by atoms with Crippen molar-refractivity contribution >= 4 is 17.5 Å². The van der Waals surface area contributed by atoms with Gasteiger partial charge in [-0.25, -0.2) is 13.2 Å². The molecule has 7 heteroatoms. The van der Waals surface area contributed by atoms with Crippen LogP contribution in [0.4, 0.5) is 13.2 Å². The third-order valence-electron chi connectivity index (χ3n) is 4.40. The summed E-state index contributed by atoms with van der Waals surface area (Å²) in [6.45, 7) is 0.491. The first-order chi connectivity index (χ1) is 12.4. The van der Waals surface area contributed by atoms with Gasteiger partial charge in [0.2, 0.25) is 0 Å². The van der Waals surface area contributed by atoms with Crippen LogP contribution in [0, 0.1) is 5.82 Å². The molecule has 0 radical (unpaired) electrons. The second-order valence-corrected chi connectivity index (χ2v) is 6.86. The van der Waals surface area contributed by atoms with Crippen LogP contribution in [0.25, 0.3) is 0 Å². The Bertz CT molecular complexity index is 774. The van der Waals surface area contributed by atoms with Crippen molar-refractivity contribution in [2.75, 3.05) is 0 Å². The smallest absolute Gasteiger partial charge is 0.263 e. The van der Waals surface area contributed by atoms with Crippen molar-refractivity contribution in [3.05, 3.63) is 70.0 Å². The van der Waals surface area contributed by atoms with Crippen molar-refractivity contribution < 1.29 is 18.0 Å². The number of hydrogen-bond acceptors (Lipinski definition) is 2. The van der Waals surface area contributed by atoms with Gasteiger partial charge in [0.05, 0.1) is 0 Å². The zero-order valence-corrected chi connectivity index (χ0v) is 14.6. The van der Waals surface area contributed by atoms with E-state index in [2.05, 4.69) is 10.6 Å². The molecule has 1 fully saturated rings. The minimum absolute atomic E-state index is 0.00515. The Morgan fingerprint density at radius 1 is 1.15 bits per heavy atom. The topological polar surface area (TPSA) is 41.1 Å². The lowest BCUT2D eigenvalue weighted by Crippen LogP contribution is -2.52. The van der Waals surface area contributed by atoms with E-state index in [1.54, 1.807) is 12.1 Å². The fourth-order valence-corrected chi connectivity index (χ4v) is 3.18. The molecule has 3 nitrogen and oxygen atoms in total. The van der Waals surface area contributed by atoms with Crippen LogP contribution in [0.2, 0.25) is 5.02 Å². The third-order valence-corrected chi connectivity index (χ3v) is 4.61. The molecule has 0 saturated heterocycles. The van der Waals surface area contributed by atoms with Crippen molar-refractivity contribution in [3.63, 3.8) is 0 Å². The first-order valence-electron chi connectivity index (χ1n) is 8.28. The van der Waals surface area contributed by atoms with Crippen LogP contribution in [-0.4, -0.2) is 18.0 Å². The van der Waals surface area contributed by atoms with Gasteiger partial charge in [-0.2, -0.15) is 0 Å². The van der Waals surface area contributed by atoms with Crippen LogP contribution in [0.3, 0.4) is 0 Å². The number of rotatable bonds is 6. The van der Waals surface area contributed by atoms with E-state index in [9.17, 15) is 18.0 Å². The molecule has 0 heterocycles. The summed E-state index contributed by atoms with van der Waals surface area (Å²) in [5.74, 6) is -0.915. The highest BCUT2D eigenvalue weighted by atomic mass is 35.5. The molecule has 1 amide bonds. The van der Waals surface area contributed by atoms with Gasteiger partial charge in [0, 0.05) is 34.8 Å². The molecular weight excluding hydrogens is 365 g/mol. The Morgan fingerprint density at radius 2 is 1.92 bits per heavy atom. The molecule has 26 heavy (non-hydrogen) atoms. The van der Waals surface area contributed by atoms with Gasteiger partial charge in [0.1, 0.15) is 5.82 Å². The Balaban J connectivity index is 1.44. The van der Waals surface area contributed by atoms with E-state index < -0.39 is 12.2 Å². The summed E-state index contributed by atoms with van der Waals surface area (Å²) in [6.07, 6.45) is -1.03. The highest BCUT2D eigenvalue weighted by Gasteiger charge is 2.30. The summed E-state index contributed by atoms with van der Waals surface area (Å²) in [7, 11) is 0. The normalized spacial score (nSPS) is 19.3. The Labute approximate surface area is 154 Å². The number of alkyl halides is 2.